The summed E-state index contributed by atoms with van der Waals surface area (Å²) >= 11 is 3.13. The minimum Gasteiger partial charge on any atom is -0.341 e. The van der Waals surface area contributed by atoms with Gasteiger partial charge >= 0.3 is 0 Å². The van der Waals surface area contributed by atoms with E-state index in [-0.39, 0.29) is 17.8 Å². The summed E-state index contributed by atoms with van der Waals surface area (Å²) in [5, 5.41) is 3.24. The van der Waals surface area contributed by atoms with Crippen molar-refractivity contribution >= 4 is 21.8 Å². The topological polar surface area (TPSA) is 32.3 Å². The van der Waals surface area contributed by atoms with E-state index in [2.05, 4.69) is 21.2 Å². The minimum atomic E-state index is -0.306. The fourth-order valence-electron chi connectivity index (χ4n) is 2.12. The summed E-state index contributed by atoms with van der Waals surface area (Å²) in [6.45, 7) is 1.82. The molecule has 1 saturated heterocycles. The summed E-state index contributed by atoms with van der Waals surface area (Å²) in [6.07, 6.45) is 1.31. The summed E-state index contributed by atoms with van der Waals surface area (Å²) in [4.78, 5) is 13.9. The van der Waals surface area contributed by atoms with Crippen molar-refractivity contribution in [3.63, 3.8) is 0 Å². The molecule has 0 bridgehead atoms. The average Bonchev–Trinajstić information content (AvgIpc) is 2.86. The van der Waals surface area contributed by atoms with Crippen LogP contribution in [0.2, 0.25) is 0 Å². The Morgan fingerprint density at radius 2 is 2.39 bits per heavy atom. The van der Waals surface area contributed by atoms with Crippen LogP contribution in [0.1, 0.15) is 12.0 Å². The number of amides is 1. The molecule has 3 nitrogen and oxygen atoms in total. The van der Waals surface area contributed by atoms with Crippen LogP contribution in [0.5, 0.6) is 0 Å². The Morgan fingerprint density at radius 3 is 3.00 bits per heavy atom. The molecule has 1 aliphatic heterocycles. The maximum Gasteiger partial charge on any atom is 0.227 e. The number of hydrogen-bond donors (Lipinski definition) is 1. The highest BCUT2D eigenvalue weighted by molar-refractivity contribution is 9.10. The van der Waals surface area contributed by atoms with Crippen molar-refractivity contribution in [2.24, 2.45) is 0 Å². The van der Waals surface area contributed by atoms with E-state index in [9.17, 15) is 9.18 Å². The van der Waals surface area contributed by atoms with Crippen LogP contribution in [0.25, 0.3) is 0 Å². The molecule has 1 amide bonds. The molecule has 1 aromatic carbocycles. The predicted molar refractivity (Wildman–Crippen MR) is 71.8 cm³/mol. The van der Waals surface area contributed by atoms with Crippen LogP contribution in [-0.4, -0.2) is 37.0 Å². The Kier molecular flexibility index (Phi) is 4.35. The number of likely N-dealkylation sites (N-methyl/N-ethyl adjacent to an activating group) is 1. The smallest absolute Gasteiger partial charge is 0.227 e. The molecule has 1 atom stereocenters. The fourth-order valence-corrected chi connectivity index (χ4v) is 2.55. The molecule has 0 aliphatic carbocycles. The summed E-state index contributed by atoms with van der Waals surface area (Å²) in [5.41, 5.74) is 0.825. The lowest BCUT2D eigenvalue weighted by Gasteiger charge is -2.23. The standard InChI is InChI=1S/C13H16BrFN2O/c1-17(10-4-5-16-8-10)13(18)7-9-2-3-12(15)11(14)6-9/h2-3,6,10,16H,4-5,7-8H2,1H3. The van der Waals surface area contributed by atoms with Crippen molar-refractivity contribution in [2.75, 3.05) is 20.1 Å². The largest absolute Gasteiger partial charge is 0.341 e. The molecule has 5 heteroatoms. The maximum absolute atomic E-state index is 13.1. The fraction of sp³-hybridized carbons (Fsp3) is 0.462. The second-order valence-corrected chi connectivity index (χ2v) is 5.43. The summed E-state index contributed by atoms with van der Waals surface area (Å²) in [5.74, 6) is -0.234. The van der Waals surface area contributed by atoms with E-state index in [4.69, 9.17) is 0 Å². The Hall–Kier alpha value is -0.940. The molecule has 1 heterocycles. The monoisotopic (exact) mass is 314 g/mol. The number of hydrogen-bond acceptors (Lipinski definition) is 2. The molecule has 2 rings (SSSR count). The van der Waals surface area contributed by atoms with Crippen LogP contribution in [0.15, 0.2) is 22.7 Å². The zero-order valence-electron chi connectivity index (χ0n) is 10.2. The van der Waals surface area contributed by atoms with Crippen LogP contribution >= 0.6 is 15.9 Å². The first-order valence-electron chi connectivity index (χ1n) is 5.98. The zero-order valence-corrected chi connectivity index (χ0v) is 11.8. The molecule has 0 aromatic heterocycles. The maximum atomic E-state index is 13.1. The van der Waals surface area contributed by atoms with Gasteiger partial charge in [0.05, 0.1) is 10.9 Å². The molecular formula is C13H16BrFN2O. The Morgan fingerprint density at radius 1 is 1.61 bits per heavy atom. The lowest BCUT2D eigenvalue weighted by atomic mass is 10.1. The van der Waals surface area contributed by atoms with Gasteiger partial charge in [-0.15, -0.1) is 0 Å². The average molecular weight is 315 g/mol. The van der Waals surface area contributed by atoms with E-state index in [1.54, 1.807) is 17.0 Å². The van der Waals surface area contributed by atoms with Crippen LogP contribution in [-0.2, 0) is 11.2 Å². The van der Waals surface area contributed by atoms with E-state index in [0.29, 0.717) is 10.9 Å². The SMILES string of the molecule is CN(C(=O)Cc1ccc(F)c(Br)c1)C1CCNC1. The molecule has 0 spiro atoms. The number of nitrogens with zero attached hydrogens (tertiary/aromatic N) is 1. The number of carbonyl (C=O) groups is 1. The van der Waals surface area contributed by atoms with Gasteiger partial charge in [0, 0.05) is 19.6 Å². The normalized spacial score (nSPS) is 18.9. The first-order chi connectivity index (χ1) is 8.58. The quantitative estimate of drug-likeness (QED) is 0.925. The zero-order chi connectivity index (χ0) is 13.1. The molecule has 1 aliphatic rings. The molecule has 1 aromatic rings. The van der Waals surface area contributed by atoms with Crippen molar-refractivity contribution in [3.05, 3.63) is 34.1 Å². The first kappa shape index (κ1) is 13.5. The van der Waals surface area contributed by atoms with Crippen LogP contribution in [0, 0.1) is 5.82 Å². The lowest BCUT2D eigenvalue weighted by molar-refractivity contribution is -0.130. The molecular weight excluding hydrogens is 299 g/mol. The highest BCUT2D eigenvalue weighted by atomic mass is 79.9. The number of nitrogens with one attached hydrogen (secondary N) is 1. The first-order valence-corrected chi connectivity index (χ1v) is 6.77. The van der Waals surface area contributed by atoms with Gasteiger partial charge in [-0.1, -0.05) is 6.07 Å². The highest BCUT2D eigenvalue weighted by Gasteiger charge is 2.23. The van der Waals surface area contributed by atoms with E-state index >= 15 is 0 Å². The number of benzene rings is 1. The number of halogens is 2. The van der Waals surface area contributed by atoms with Gasteiger partial charge in [0.25, 0.3) is 0 Å². The van der Waals surface area contributed by atoms with Crippen LogP contribution < -0.4 is 5.32 Å². The third-order valence-corrected chi connectivity index (χ3v) is 3.92. The Balaban J connectivity index is 1.99. The van der Waals surface area contributed by atoms with Crippen LogP contribution in [0.3, 0.4) is 0 Å². The van der Waals surface area contributed by atoms with Gasteiger partial charge in [0.1, 0.15) is 5.82 Å². The van der Waals surface area contributed by atoms with E-state index in [0.717, 1.165) is 25.1 Å². The summed E-state index contributed by atoms with van der Waals surface area (Å²) < 4.78 is 13.5. The Labute approximate surface area is 114 Å². The molecule has 98 valence electrons. The van der Waals surface area contributed by atoms with Gasteiger partial charge in [0.2, 0.25) is 5.91 Å². The molecule has 1 N–H and O–H groups in total. The van der Waals surface area contributed by atoms with Crippen molar-refractivity contribution in [1.29, 1.82) is 0 Å². The lowest BCUT2D eigenvalue weighted by Crippen LogP contribution is -2.39. The third kappa shape index (κ3) is 3.09. The predicted octanol–water partition coefficient (Wildman–Crippen LogP) is 1.95. The third-order valence-electron chi connectivity index (χ3n) is 3.31. The van der Waals surface area contributed by atoms with Gasteiger partial charge in [-0.2, -0.15) is 0 Å². The van der Waals surface area contributed by atoms with E-state index < -0.39 is 0 Å². The van der Waals surface area contributed by atoms with Crippen molar-refractivity contribution in [2.45, 2.75) is 18.9 Å². The molecule has 18 heavy (non-hydrogen) atoms. The van der Waals surface area contributed by atoms with Gasteiger partial charge in [-0.3, -0.25) is 4.79 Å². The molecule has 1 fully saturated rings. The summed E-state index contributed by atoms with van der Waals surface area (Å²) in [7, 11) is 1.83. The summed E-state index contributed by atoms with van der Waals surface area (Å²) in [6, 6.07) is 4.97. The van der Waals surface area contributed by atoms with Crippen LogP contribution in [0.4, 0.5) is 4.39 Å². The van der Waals surface area contributed by atoms with Crippen molar-refractivity contribution in [3.8, 4) is 0 Å². The minimum absolute atomic E-state index is 0.0715. The van der Waals surface area contributed by atoms with Gasteiger partial charge in [-0.05, 0) is 46.6 Å². The van der Waals surface area contributed by atoms with Crippen molar-refractivity contribution in [1.82, 2.24) is 10.2 Å². The second kappa shape index (κ2) is 5.80. The molecule has 0 saturated carbocycles. The van der Waals surface area contributed by atoms with E-state index in [1.165, 1.54) is 6.07 Å². The Bertz CT molecular complexity index is 447. The van der Waals surface area contributed by atoms with Gasteiger partial charge < -0.3 is 10.2 Å². The second-order valence-electron chi connectivity index (χ2n) is 4.58. The van der Waals surface area contributed by atoms with E-state index in [1.807, 2.05) is 7.05 Å². The van der Waals surface area contributed by atoms with Crippen molar-refractivity contribution < 1.29 is 9.18 Å². The number of carbonyl (C=O) groups excluding carboxylic acids is 1. The number of rotatable bonds is 3. The highest BCUT2D eigenvalue weighted by Crippen LogP contribution is 2.18. The molecule has 1 unspecified atom stereocenters. The molecule has 0 radical (unpaired) electrons. The van der Waals surface area contributed by atoms with Gasteiger partial charge in [0.15, 0.2) is 0 Å². The van der Waals surface area contributed by atoms with Gasteiger partial charge in [-0.25, -0.2) is 4.39 Å².